The molecule has 1 saturated heterocycles. The van der Waals surface area contributed by atoms with Crippen molar-refractivity contribution < 1.29 is 0 Å². The Morgan fingerprint density at radius 3 is 2.93 bits per heavy atom. The summed E-state index contributed by atoms with van der Waals surface area (Å²) in [6.07, 6.45) is 4.91. The molecule has 1 unspecified atom stereocenters. The highest BCUT2D eigenvalue weighted by Crippen LogP contribution is 2.45. The van der Waals surface area contributed by atoms with Crippen LogP contribution in [0.2, 0.25) is 0 Å². The molecule has 2 aliphatic rings. The fraction of sp³-hybridized carbons (Fsp3) is 0.800. The summed E-state index contributed by atoms with van der Waals surface area (Å²) in [7, 11) is 0. The van der Waals surface area contributed by atoms with E-state index in [1.807, 2.05) is 0 Å². The van der Waals surface area contributed by atoms with Crippen molar-refractivity contribution in [2.75, 3.05) is 6.54 Å². The summed E-state index contributed by atoms with van der Waals surface area (Å²) in [6.45, 7) is 3.35. The highest BCUT2D eigenvalue weighted by molar-refractivity contribution is 5.16. The van der Waals surface area contributed by atoms with Crippen molar-refractivity contribution in [2.24, 2.45) is 0 Å². The van der Waals surface area contributed by atoms with Gasteiger partial charge < -0.3 is 5.32 Å². The highest BCUT2D eigenvalue weighted by atomic mass is 15.2. The van der Waals surface area contributed by atoms with Gasteiger partial charge in [0.2, 0.25) is 0 Å². The zero-order chi connectivity index (χ0) is 9.60. The van der Waals surface area contributed by atoms with Crippen LogP contribution in [-0.4, -0.2) is 21.7 Å². The van der Waals surface area contributed by atoms with Crippen LogP contribution in [0.25, 0.3) is 0 Å². The van der Waals surface area contributed by atoms with Crippen molar-refractivity contribution in [1.82, 2.24) is 20.5 Å². The van der Waals surface area contributed by atoms with Gasteiger partial charge in [0.05, 0.1) is 6.04 Å². The third-order valence-electron chi connectivity index (χ3n) is 3.43. The van der Waals surface area contributed by atoms with E-state index < -0.39 is 0 Å². The monoisotopic (exact) mass is 192 g/mol. The van der Waals surface area contributed by atoms with Gasteiger partial charge in [-0.25, -0.2) is 4.98 Å². The number of aromatic nitrogens is 3. The molecule has 2 heterocycles. The summed E-state index contributed by atoms with van der Waals surface area (Å²) >= 11 is 0. The zero-order valence-electron chi connectivity index (χ0n) is 8.51. The highest BCUT2D eigenvalue weighted by Gasteiger charge is 2.43. The minimum Gasteiger partial charge on any atom is -0.307 e. The SMILES string of the molecule is CC1(c2n[nH]c(C3CCCN3)n2)CC1. The fourth-order valence-electron chi connectivity index (χ4n) is 2.03. The third-order valence-corrected chi connectivity index (χ3v) is 3.43. The predicted molar refractivity (Wildman–Crippen MR) is 52.9 cm³/mol. The first kappa shape index (κ1) is 8.41. The van der Waals surface area contributed by atoms with Gasteiger partial charge in [-0.15, -0.1) is 0 Å². The lowest BCUT2D eigenvalue weighted by atomic mass is 10.1. The van der Waals surface area contributed by atoms with Crippen molar-refractivity contribution in [1.29, 1.82) is 0 Å². The molecule has 14 heavy (non-hydrogen) atoms. The second-order valence-electron chi connectivity index (χ2n) is 4.75. The van der Waals surface area contributed by atoms with E-state index in [9.17, 15) is 0 Å². The van der Waals surface area contributed by atoms with E-state index in [0.717, 1.165) is 18.2 Å². The minimum atomic E-state index is 0.285. The molecule has 0 bridgehead atoms. The summed E-state index contributed by atoms with van der Waals surface area (Å²) in [6, 6.07) is 0.415. The molecule has 1 aromatic heterocycles. The first-order valence-electron chi connectivity index (χ1n) is 5.44. The summed E-state index contributed by atoms with van der Waals surface area (Å²) in [5.74, 6) is 2.05. The molecule has 4 heteroatoms. The normalized spacial score (nSPS) is 29.4. The molecule has 1 saturated carbocycles. The van der Waals surface area contributed by atoms with Crippen molar-refractivity contribution in [3.63, 3.8) is 0 Å². The molecule has 0 aromatic carbocycles. The first-order chi connectivity index (χ1) is 6.78. The lowest BCUT2D eigenvalue weighted by Crippen LogP contribution is -2.14. The van der Waals surface area contributed by atoms with Crippen LogP contribution in [0.5, 0.6) is 0 Å². The molecular weight excluding hydrogens is 176 g/mol. The number of hydrogen-bond donors (Lipinski definition) is 2. The Balaban J connectivity index is 1.82. The lowest BCUT2D eigenvalue weighted by Gasteiger charge is -2.04. The first-order valence-corrected chi connectivity index (χ1v) is 5.44. The lowest BCUT2D eigenvalue weighted by molar-refractivity contribution is 0.606. The molecule has 1 atom stereocenters. The molecule has 4 nitrogen and oxygen atoms in total. The Hall–Kier alpha value is -0.900. The largest absolute Gasteiger partial charge is 0.307 e. The van der Waals surface area contributed by atoms with Gasteiger partial charge in [0.1, 0.15) is 5.82 Å². The standard InChI is InChI=1S/C10H16N4/c1-10(4-5-10)9-12-8(13-14-9)7-3-2-6-11-7/h7,11H,2-6H2,1H3,(H,12,13,14). The smallest absolute Gasteiger partial charge is 0.156 e. The number of rotatable bonds is 2. The van der Waals surface area contributed by atoms with Gasteiger partial charge in [-0.1, -0.05) is 6.92 Å². The molecule has 1 aliphatic heterocycles. The average molecular weight is 192 g/mol. The zero-order valence-corrected chi connectivity index (χ0v) is 8.51. The van der Waals surface area contributed by atoms with Crippen molar-refractivity contribution >= 4 is 0 Å². The van der Waals surface area contributed by atoms with E-state index in [2.05, 4.69) is 27.4 Å². The van der Waals surface area contributed by atoms with Crippen LogP contribution < -0.4 is 5.32 Å². The van der Waals surface area contributed by atoms with Crippen molar-refractivity contribution in [3.05, 3.63) is 11.6 Å². The molecule has 76 valence electrons. The van der Waals surface area contributed by atoms with Gasteiger partial charge in [-0.05, 0) is 32.2 Å². The maximum absolute atomic E-state index is 4.60. The molecule has 3 rings (SSSR count). The van der Waals surface area contributed by atoms with Gasteiger partial charge in [0.25, 0.3) is 0 Å². The Kier molecular flexibility index (Phi) is 1.68. The van der Waals surface area contributed by atoms with E-state index in [4.69, 9.17) is 0 Å². The topological polar surface area (TPSA) is 53.6 Å². The van der Waals surface area contributed by atoms with Gasteiger partial charge >= 0.3 is 0 Å². The second-order valence-corrected chi connectivity index (χ2v) is 4.75. The van der Waals surface area contributed by atoms with E-state index in [1.165, 1.54) is 25.7 Å². The van der Waals surface area contributed by atoms with E-state index >= 15 is 0 Å². The van der Waals surface area contributed by atoms with Gasteiger partial charge in [0.15, 0.2) is 5.82 Å². The summed E-state index contributed by atoms with van der Waals surface area (Å²) in [4.78, 5) is 4.60. The van der Waals surface area contributed by atoms with Crippen LogP contribution in [0, 0.1) is 0 Å². The number of hydrogen-bond acceptors (Lipinski definition) is 3. The summed E-state index contributed by atoms with van der Waals surface area (Å²) in [5, 5.41) is 10.8. The van der Waals surface area contributed by atoms with E-state index in [1.54, 1.807) is 0 Å². The Bertz CT molecular complexity index is 334. The Morgan fingerprint density at radius 1 is 1.43 bits per heavy atom. The molecule has 1 aliphatic carbocycles. The molecule has 1 aromatic rings. The number of H-pyrrole nitrogens is 1. The van der Waals surface area contributed by atoms with Gasteiger partial charge in [-0.3, -0.25) is 5.10 Å². The number of aromatic amines is 1. The maximum atomic E-state index is 4.60. The van der Waals surface area contributed by atoms with Gasteiger partial charge in [-0.2, -0.15) is 5.10 Å². The van der Waals surface area contributed by atoms with E-state index in [-0.39, 0.29) is 5.41 Å². The molecule has 0 radical (unpaired) electrons. The third kappa shape index (κ3) is 1.25. The van der Waals surface area contributed by atoms with Crippen molar-refractivity contribution in [2.45, 2.75) is 44.1 Å². The van der Waals surface area contributed by atoms with Crippen LogP contribution in [0.1, 0.15) is 50.3 Å². The van der Waals surface area contributed by atoms with E-state index in [0.29, 0.717) is 6.04 Å². The number of nitrogens with zero attached hydrogens (tertiary/aromatic N) is 2. The molecular formula is C10H16N4. The van der Waals surface area contributed by atoms with Crippen LogP contribution in [0.4, 0.5) is 0 Å². The Labute approximate surface area is 83.5 Å². The quantitative estimate of drug-likeness (QED) is 0.742. The van der Waals surface area contributed by atoms with Crippen LogP contribution in [0.15, 0.2) is 0 Å². The molecule has 0 amide bonds. The maximum Gasteiger partial charge on any atom is 0.156 e. The van der Waals surface area contributed by atoms with Crippen molar-refractivity contribution in [3.8, 4) is 0 Å². The van der Waals surface area contributed by atoms with Gasteiger partial charge in [0, 0.05) is 5.41 Å². The summed E-state index contributed by atoms with van der Waals surface area (Å²) in [5.41, 5.74) is 0.285. The molecule has 2 N–H and O–H groups in total. The fourth-order valence-corrected chi connectivity index (χ4v) is 2.03. The molecule has 2 fully saturated rings. The predicted octanol–water partition coefficient (Wildman–Crippen LogP) is 1.28. The number of nitrogens with one attached hydrogen (secondary N) is 2. The Morgan fingerprint density at radius 2 is 2.29 bits per heavy atom. The van der Waals surface area contributed by atoms with Crippen LogP contribution in [0.3, 0.4) is 0 Å². The minimum absolute atomic E-state index is 0.285. The summed E-state index contributed by atoms with van der Waals surface area (Å²) < 4.78 is 0. The van der Waals surface area contributed by atoms with Crippen LogP contribution in [-0.2, 0) is 5.41 Å². The molecule has 0 spiro atoms. The second kappa shape index (κ2) is 2.79. The van der Waals surface area contributed by atoms with Crippen LogP contribution >= 0.6 is 0 Å². The average Bonchev–Trinajstić information content (AvgIpc) is 2.73.